The third kappa shape index (κ3) is 5.30. The molecule has 4 aromatic carbocycles. The van der Waals surface area contributed by atoms with Gasteiger partial charge >= 0.3 is 0 Å². The summed E-state index contributed by atoms with van der Waals surface area (Å²) < 4.78 is 2.15. The zero-order chi connectivity index (χ0) is 24.9. The van der Waals surface area contributed by atoms with Gasteiger partial charge in [0.25, 0.3) is 0 Å². The van der Waals surface area contributed by atoms with E-state index in [-0.39, 0.29) is 20.1 Å². The predicted octanol–water partition coefficient (Wildman–Crippen LogP) is 7.59. The third-order valence-electron chi connectivity index (χ3n) is 5.96. The molecule has 7 aromatic rings. The van der Waals surface area contributed by atoms with Crippen LogP contribution in [0.1, 0.15) is 0 Å². The predicted molar refractivity (Wildman–Crippen MR) is 149 cm³/mol. The molecule has 0 aliphatic carbocycles. The SMILES string of the molecule is [Ir].[c-]1ccccc1-c1ccccn1.[c-]1ccccc1-c1nc2nc3ccccc3cc2n1-c1ccccc1. The van der Waals surface area contributed by atoms with Crippen molar-refractivity contribution in [1.82, 2.24) is 19.5 Å². The van der Waals surface area contributed by atoms with E-state index in [0.29, 0.717) is 0 Å². The maximum atomic E-state index is 4.83. The van der Waals surface area contributed by atoms with Crippen LogP contribution in [-0.4, -0.2) is 19.5 Å². The van der Waals surface area contributed by atoms with Crippen LogP contribution in [0.15, 0.2) is 134 Å². The maximum absolute atomic E-state index is 4.83. The molecule has 5 heteroatoms. The van der Waals surface area contributed by atoms with E-state index in [1.54, 1.807) is 6.20 Å². The first kappa shape index (κ1) is 25.2. The molecule has 1 radical (unpaired) electrons. The minimum atomic E-state index is 0. The van der Waals surface area contributed by atoms with Gasteiger partial charge in [0.1, 0.15) is 0 Å². The van der Waals surface area contributed by atoms with E-state index >= 15 is 0 Å². The summed E-state index contributed by atoms with van der Waals surface area (Å²) in [6.07, 6.45) is 1.79. The fraction of sp³-hybridized carbons (Fsp3) is 0. The number of imidazole rings is 1. The first-order valence-electron chi connectivity index (χ1n) is 12.1. The fourth-order valence-electron chi connectivity index (χ4n) is 4.23. The van der Waals surface area contributed by atoms with Crippen LogP contribution in [0.25, 0.3) is 50.4 Å². The number of para-hydroxylation sites is 2. The molecule has 7 rings (SSSR count). The van der Waals surface area contributed by atoms with Crippen molar-refractivity contribution in [3.63, 3.8) is 0 Å². The van der Waals surface area contributed by atoms with Gasteiger partial charge in [-0.1, -0.05) is 48.5 Å². The summed E-state index contributed by atoms with van der Waals surface area (Å²) in [5.74, 6) is 0.851. The van der Waals surface area contributed by atoms with E-state index in [1.165, 1.54) is 0 Å². The minimum absolute atomic E-state index is 0. The van der Waals surface area contributed by atoms with Gasteiger partial charge in [-0.25, -0.2) is 4.98 Å². The quantitative estimate of drug-likeness (QED) is 0.183. The molecule has 3 heterocycles. The van der Waals surface area contributed by atoms with E-state index in [2.05, 4.69) is 45.9 Å². The van der Waals surface area contributed by atoms with E-state index < -0.39 is 0 Å². The summed E-state index contributed by atoms with van der Waals surface area (Å²) in [7, 11) is 0. The minimum Gasteiger partial charge on any atom is -0.332 e. The first-order chi connectivity index (χ1) is 18.4. The second-order valence-corrected chi connectivity index (χ2v) is 8.40. The normalized spacial score (nSPS) is 10.4. The Hall–Kier alpha value is -4.44. The summed E-state index contributed by atoms with van der Waals surface area (Å²) in [5.41, 5.74) is 6.72. The van der Waals surface area contributed by atoms with Gasteiger partial charge in [0.05, 0.1) is 16.9 Å². The Morgan fingerprint density at radius 3 is 2.00 bits per heavy atom. The van der Waals surface area contributed by atoms with E-state index in [1.807, 2.05) is 103 Å². The summed E-state index contributed by atoms with van der Waals surface area (Å²) >= 11 is 0. The fourth-order valence-corrected chi connectivity index (χ4v) is 4.23. The van der Waals surface area contributed by atoms with Gasteiger partial charge < -0.3 is 9.55 Å². The molecule has 185 valence electrons. The molecular weight excluding hydrogens is 645 g/mol. The van der Waals surface area contributed by atoms with Crippen LogP contribution in [0.2, 0.25) is 0 Å². The molecule has 0 saturated heterocycles. The van der Waals surface area contributed by atoms with Crippen molar-refractivity contribution in [3.05, 3.63) is 146 Å². The van der Waals surface area contributed by atoms with Gasteiger partial charge in [-0.3, -0.25) is 4.98 Å². The molecule has 0 amide bonds. The van der Waals surface area contributed by atoms with Crippen molar-refractivity contribution in [2.75, 3.05) is 0 Å². The summed E-state index contributed by atoms with van der Waals surface area (Å²) in [4.78, 5) is 13.8. The number of fused-ring (bicyclic) bond motifs is 2. The number of hydrogen-bond acceptors (Lipinski definition) is 3. The molecule has 0 spiro atoms. The molecule has 0 fully saturated rings. The van der Waals surface area contributed by atoms with Gasteiger partial charge in [-0.15, -0.1) is 71.8 Å². The number of aromatic nitrogens is 4. The zero-order valence-electron chi connectivity index (χ0n) is 20.3. The number of hydrogen-bond donors (Lipinski definition) is 0. The van der Waals surface area contributed by atoms with Crippen molar-refractivity contribution in [3.8, 4) is 28.3 Å². The van der Waals surface area contributed by atoms with Crippen molar-refractivity contribution in [1.29, 1.82) is 0 Å². The van der Waals surface area contributed by atoms with Gasteiger partial charge in [-0.05, 0) is 36.0 Å². The average molecular weight is 667 g/mol. The largest absolute Gasteiger partial charge is 0.332 e. The van der Waals surface area contributed by atoms with Gasteiger partial charge in [0, 0.05) is 37.4 Å². The summed E-state index contributed by atoms with van der Waals surface area (Å²) in [5, 5.41) is 1.11. The molecule has 0 aliphatic heterocycles. The first-order valence-corrected chi connectivity index (χ1v) is 12.1. The number of rotatable bonds is 3. The molecule has 4 nitrogen and oxygen atoms in total. The second kappa shape index (κ2) is 11.7. The Labute approximate surface area is 235 Å². The second-order valence-electron chi connectivity index (χ2n) is 8.40. The van der Waals surface area contributed by atoms with Gasteiger partial charge in [0.15, 0.2) is 5.65 Å². The summed E-state index contributed by atoms with van der Waals surface area (Å²) in [6, 6.07) is 48.6. The molecule has 0 unspecified atom stereocenters. The molecule has 3 aromatic heterocycles. The van der Waals surface area contributed by atoms with Crippen LogP contribution in [0, 0.1) is 12.1 Å². The standard InChI is InChI=1S/C22H14N3.C11H8N.Ir/c1-3-9-16(10-4-1)22-24-21-20(25(22)18-12-5-2-6-13-18)15-17-11-7-8-14-19(17)23-21;1-2-6-10(7-3-1)11-8-4-5-9-12-11;/h1-9,11-15H;1-6,8-9H;/q2*-1;. The van der Waals surface area contributed by atoms with Crippen LogP contribution in [-0.2, 0) is 20.1 Å². The van der Waals surface area contributed by atoms with E-state index in [0.717, 1.165) is 50.4 Å². The van der Waals surface area contributed by atoms with Crippen LogP contribution < -0.4 is 0 Å². The van der Waals surface area contributed by atoms with Crippen molar-refractivity contribution in [2.45, 2.75) is 0 Å². The Morgan fingerprint density at radius 2 is 1.29 bits per heavy atom. The molecule has 0 saturated carbocycles. The Morgan fingerprint density at radius 1 is 0.605 bits per heavy atom. The van der Waals surface area contributed by atoms with Crippen molar-refractivity contribution < 1.29 is 20.1 Å². The Kier molecular flexibility index (Phi) is 7.79. The van der Waals surface area contributed by atoms with Crippen LogP contribution in [0.5, 0.6) is 0 Å². The zero-order valence-corrected chi connectivity index (χ0v) is 22.7. The molecular formula is C33H22IrN4-2. The van der Waals surface area contributed by atoms with Crippen molar-refractivity contribution >= 4 is 22.1 Å². The number of pyridine rings is 2. The smallest absolute Gasteiger partial charge is 0.168 e. The monoisotopic (exact) mass is 667 g/mol. The van der Waals surface area contributed by atoms with Crippen LogP contribution in [0.4, 0.5) is 0 Å². The third-order valence-corrected chi connectivity index (χ3v) is 5.96. The molecule has 0 aliphatic rings. The molecule has 38 heavy (non-hydrogen) atoms. The number of benzene rings is 4. The average Bonchev–Trinajstić information content (AvgIpc) is 3.36. The molecule has 0 bridgehead atoms. The Bertz CT molecular complexity index is 1710. The maximum Gasteiger partial charge on any atom is 0.168 e. The van der Waals surface area contributed by atoms with E-state index in [9.17, 15) is 0 Å². The topological polar surface area (TPSA) is 43.6 Å². The van der Waals surface area contributed by atoms with Crippen molar-refractivity contribution in [2.24, 2.45) is 0 Å². The van der Waals surface area contributed by atoms with Gasteiger partial charge in [0.2, 0.25) is 0 Å². The van der Waals surface area contributed by atoms with E-state index in [4.69, 9.17) is 9.97 Å². The summed E-state index contributed by atoms with van der Waals surface area (Å²) in [6.45, 7) is 0. The van der Waals surface area contributed by atoms with Crippen LogP contribution in [0.3, 0.4) is 0 Å². The van der Waals surface area contributed by atoms with Gasteiger partial charge in [-0.2, -0.15) is 0 Å². The molecule has 0 atom stereocenters. The molecule has 0 N–H and O–H groups in total. The number of nitrogens with zero attached hydrogens (tertiary/aromatic N) is 4. The Balaban J connectivity index is 0.000000191. The van der Waals surface area contributed by atoms with Crippen LogP contribution >= 0.6 is 0 Å².